The first-order valence-corrected chi connectivity index (χ1v) is 11.8. The van der Waals surface area contributed by atoms with E-state index in [9.17, 15) is 4.79 Å². The molecular formula is C24H37N3O4. The van der Waals surface area contributed by atoms with Gasteiger partial charge < -0.3 is 19.5 Å². The number of hydrogen-bond donors (Lipinski definition) is 1. The number of piperidine rings is 1. The van der Waals surface area contributed by atoms with Crippen molar-refractivity contribution >= 4 is 5.91 Å². The highest BCUT2D eigenvalue weighted by Crippen LogP contribution is 2.31. The van der Waals surface area contributed by atoms with Crippen LogP contribution in [0.4, 0.5) is 0 Å². The van der Waals surface area contributed by atoms with Crippen LogP contribution in [0.5, 0.6) is 11.5 Å². The third-order valence-corrected chi connectivity index (χ3v) is 7.07. The van der Waals surface area contributed by atoms with E-state index in [2.05, 4.69) is 21.2 Å². The molecule has 0 radical (unpaired) electrons. The van der Waals surface area contributed by atoms with Crippen LogP contribution in [0, 0.1) is 0 Å². The van der Waals surface area contributed by atoms with Crippen LogP contribution in [-0.2, 0) is 16.0 Å². The summed E-state index contributed by atoms with van der Waals surface area (Å²) in [6.45, 7) is 4.41. The predicted molar refractivity (Wildman–Crippen MR) is 120 cm³/mol. The fraction of sp³-hybridized carbons (Fsp3) is 0.708. The summed E-state index contributed by atoms with van der Waals surface area (Å²) in [5, 5.41) is 3.32. The molecule has 1 amide bonds. The van der Waals surface area contributed by atoms with Crippen LogP contribution in [0.15, 0.2) is 18.2 Å². The quantitative estimate of drug-likeness (QED) is 0.747. The Morgan fingerprint density at radius 3 is 2.71 bits per heavy atom. The number of carbonyl (C=O) groups excluding carboxylic acids is 1. The van der Waals surface area contributed by atoms with Crippen LogP contribution in [0.2, 0.25) is 0 Å². The molecule has 1 aromatic rings. The van der Waals surface area contributed by atoms with Gasteiger partial charge in [-0.1, -0.05) is 12.8 Å². The smallest absolute Gasteiger partial charge is 0.222 e. The van der Waals surface area contributed by atoms with E-state index < -0.39 is 0 Å². The Morgan fingerprint density at radius 1 is 1.10 bits per heavy atom. The van der Waals surface area contributed by atoms with Crippen molar-refractivity contribution in [2.45, 2.75) is 63.2 Å². The molecule has 2 unspecified atom stereocenters. The van der Waals surface area contributed by atoms with E-state index in [0.717, 1.165) is 63.6 Å². The Hall–Kier alpha value is -1.83. The van der Waals surface area contributed by atoms with Crippen LogP contribution in [0.1, 0.15) is 44.1 Å². The zero-order valence-corrected chi connectivity index (χ0v) is 19.0. The van der Waals surface area contributed by atoms with Gasteiger partial charge in [0.25, 0.3) is 0 Å². The molecule has 1 N–H and O–H groups in total. The van der Waals surface area contributed by atoms with E-state index in [0.29, 0.717) is 18.5 Å². The molecule has 0 aromatic heterocycles. The summed E-state index contributed by atoms with van der Waals surface area (Å²) < 4.78 is 16.6. The molecule has 7 heteroatoms. The van der Waals surface area contributed by atoms with Crippen molar-refractivity contribution in [3.05, 3.63) is 23.8 Å². The zero-order chi connectivity index (χ0) is 21.6. The lowest BCUT2D eigenvalue weighted by Crippen LogP contribution is -2.60. The molecule has 3 atom stereocenters. The summed E-state index contributed by atoms with van der Waals surface area (Å²) in [7, 11) is 3.43. The van der Waals surface area contributed by atoms with Gasteiger partial charge in [0.1, 0.15) is 11.5 Å². The standard InChI is InChI=1S/C24H37N3O4/c1-29-21-7-8-22(30-2)18(15-21)14-19-6-4-3-5-9-27(19)23-16-20(17-24(28)25-23)26-10-12-31-13-11-26/h7-8,15,19-20,23H,3-6,9-14,16-17H2,1-2H3,(H,25,28)/t19-,20?,23?/m1/s1. The number of likely N-dealkylation sites (tertiary alicyclic amines) is 1. The fourth-order valence-corrected chi connectivity index (χ4v) is 5.42. The van der Waals surface area contributed by atoms with Crippen molar-refractivity contribution in [1.82, 2.24) is 15.1 Å². The second-order valence-corrected chi connectivity index (χ2v) is 8.95. The Kier molecular flexibility index (Phi) is 7.69. The van der Waals surface area contributed by atoms with Gasteiger partial charge in [0.2, 0.25) is 5.91 Å². The molecule has 3 aliphatic rings. The number of rotatable bonds is 6. The molecule has 0 bridgehead atoms. The van der Waals surface area contributed by atoms with Crippen molar-refractivity contribution in [2.75, 3.05) is 47.1 Å². The molecule has 3 fully saturated rings. The number of hydrogen-bond acceptors (Lipinski definition) is 6. The fourth-order valence-electron chi connectivity index (χ4n) is 5.42. The number of nitrogens with one attached hydrogen (secondary N) is 1. The molecule has 3 heterocycles. The molecule has 0 spiro atoms. The van der Waals surface area contributed by atoms with E-state index in [1.54, 1.807) is 14.2 Å². The normalized spacial score (nSPS) is 28.6. The highest BCUT2D eigenvalue weighted by atomic mass is 16.5. The zero-order valence-electron chi connectivity index (χ0n) is 19.0. The number of ether oxygens (including phenoxy) is 3. The lowest BCUT2D eigenvalue weighted by atomic mass is 9.96. The minimum Gasteiger partial charge on any atom is -0.497 e. The third-order valence-electron chi connectivity index (χ3n) is 7.07. The molecule has 31 heavy (non-hydrogen) atoms. The summed E-state index contributed by atoms with van der Waals surface area (Å²) >= 11 is 0. The van der Waals surface area contributed by atoms with Crippen LogP contribution in [0.3, 0.4) is 0 Å². The number of carbonyl (C=O) groups is 1. The van der Waals surface area contributed by atoms with E-state index in [4.69, 9.17) is 14.2 Å². The number of nitrogens with zero attached hydrogens (tertiary/aromatic N) is 2. The maximum absolute atomic E-state index is 12.7. The predicted octanol–water partition coefficient (Wildman–Crippen LogP) is 2.43. The van der Waals surface area contributed by atoms with Gasteiger partial charge in [-0.2, -0.15) is 0 Å². The van der Waals surface area contributed by atoms with Gasteiger partial charge in [-0.3, -0.25) is 14.6 Å². The van der Waals surface area contributed by atoms with Crippen molar-refractivity contribution in [3.63, 3.8) is 0 Å². The van der Waals surface area contributed by atoms with Gasteiger partial charge in [0.15, 0.2) is 0 Å². The summed E-state index contributed by atoms with van der Waals surface area (Å²) in [6, 6.07) is 6.71. The summed E-state index contributed by atoms with van der Waals surface area (Å²) in [5.41, 5.74) is 1.17. The SMILES string of the molecule is COc1ccc(OC)c(C[C@H]2CCCCCN2C2CC(N3CCOCC3)CC(=O)N2)c1. The molecule has 1 aromatic carbocycles. The number of methoxy groups -OCH3 is 2. The van der Waals surface area contributed by atoms with Gasteiger partial charge >= 0.3 is 0 Å². The Morgan fingerprint density at radius 2 is 1.94 bits per heavy atom. The van der Waals surface area contributed by atoms with E-state index in [1.807, 2.05) is 12.1 Å². The second-order valence-electron chi connectivity index (χ2n) is 8.95. The Labute approximate surface area is 186 Å². The van der Waals surface area contributed by atoms with Crippen LogP contribution < -0.4 is 14.8 Å². The van der Waals surface area contributed by atoms with Gasteiger partial charge in [0, 0.05) is 38.1 Å². The summed E-state index contributed by atoms with van der Waals surface area (Å²) in [5.74, 6) is 1.94. The number of amides is 1. The average Bonchev–Trinajstić information content (AvgIpc) is 3.04. The molecule has 3 aliphatic heterocycles. The molecule has 0 aliphatic carbocycles. The maximum atomic E-state index is 12.7. The monoisotopic (exact) mass is 431 g/mol. The minimum atomic E-state index is 0.0915. The highest BCUT2D eigenvalue weighted by molar-refractivity contribution is 5.77. The van der Waals surface area contributed by atoms with Gasteiger partial charge in [-0.25, -0.2) is 0 Å². The van der Waals surface area contributed by atoms with E-state index in [-0.39, 0.29) is 12.1 Å². The molecule has 4 rings (SSSR count). The lowest BCUT2D eigenvalue weighted by Gasteiger charge is -2.45. The molecule has 3 saturated heterocycles. The van der Waals surface area contributed by atoms with Crippen molar-refractivity contribution in [3.8, 4) is 11.5 Å². The summed E-state index contributed by atoms with van der Waals surface area (Å²) in [6.07, 6.45) is 7.35. The Balaban J connectivity index is 1.52. The molecular weight excluding hydrogens is 394 g/mol. The third kappa shape index (κ3) is 5.51. The molecule has 172 valence electrons. The largest absolute Gasteiger partial charge is 0.497 e. The molecule has 0 saturated carbocycles. The van der Waals surface area contributed by atoms with Crippen LogP contribution in [0.25, 0.3) is 0 Å². The first kappa shape index (κ1) is 22.4. The van der Waals surface area contributed by atoms with E-state index >= 15 is 0 Å². The lowest BCUT2D eigenvalue weighted by molar-refractivity contribution is -0.129. The second kappa shape index (κ2) is 10.7. The highest BCUT2D eigenvalue weighted by Gasteiger charge is 2.37. The topological polar surface area (TPSA) is 63.3 Å². The van der Waals surface area contributed by atoms with Crippen molar-refractivity contribution in [1.29, 1.82) is 0 Å². The van der Waals surface area contributed by atoms with Crippen LogP contribution >= 0.6 is 0 Å². The number of morpholine rings is 1. The first-order chi connectivity index (χ1) is 15.2. The van der Waals surface area contributed by atoms with Gasteiger partial charge in [-0.05, 0) is 49.4 Å². The summed E-state index contributed by atoms with van der Waals surface area (Å²) in [4.78, 5) is 17.7. The van der Waals surface area contributed by atoms with Crippen molar-refractivity contribution < 1.29 is 19.0 Å². The minimum absolute atomic E-state index is 0.0915. The van der Waals surface area contributed by atoms with E-state index in [1.165, 1.54) is 24.8 Å². The average molecular weight is 432 g/mol. The maximum Gasteiger partial charge on any atom is 0.222 e. The van der Waals surface area contributed by atoms with Gasteiger partial charge in [-0.15, -0.1) is 0 Å². The Bertz CT molecular complexity index is 738. The molecule has 7 nitrogen and oxygen atoms in total. The van der Waals surface area contributed by atoms with Crippen LogP contribution in [-0.4, -0.2) is 81.0 Å². The van der Waals surface area contributed by atoms with Gasteiger partial charge in [0.05, 0.1) is 33.6 Å². The van der Waals surface area contributed by atoms with Crippen molar-refractivity contribution in [2.24, 2.45) is 0 Å². The first-order valence-electron chi connectivity index (χ1n) is 11.8. The number of benzene rings is 1.